The topological polar surface area (TPSA) is 87.8 Å². The molecular formula is C14H23N5O2. The molecule has 0 bridgehead atoms. The highest BCUT2D eigenvalue weighted by atomic mass is 16.2. The third-order valence-corrected chi connectivity index (χ3v) is 3.79. The molecule has 21 heavy (non-hydrogen) atoms. The molecule has 2 rings (SSSR count). The Hall–Kier alpha value is -1.89. The first-order chi connectivity index (χ1) is 10.0. The Morgan fingerprint density at radius 2 is 1.81 bits per heavy atom. The Kier molecular flexibility index (Phi) is 4.62. The number of rotatable bonds is 6. The Morgan fingerprint density at radius 3 is 2.43 bits per heavy atom. The molecule has 2 N–H and O–H groups in total. The minimum absolute atomic E-state index is 0.278. The number of nitrogens with two attached hydrogens (primary N) is 1. The van der Waals surface area contributed by atoms with E-state index in [-0.39, 0.29) is 11.2 Å². The highest BCUT2D eigenvalue weighted by molar-refractivity contribution is 5.70. The van der Waals surface area contributed by atoms with Gasteiger partial charge < -0.3 is 10.3 Å². The summed E-state index contributed by atoms with van der Waals surface area (Å²) in [4.78, 5) is 29.5. The number of aryl methyl sites for hydroxylation is 3. The van der Waals surface area contributed by atoms with E-state index in [1.165, 1.54) is 4.57 Å². The van der Waals surface area contributed by atoms with Gasteiger partial charge in [-0.1, -0.05) is 13.3 Å². The highest BCUT2D eigenvalue weighted by Crippen LogP contribution is 2.09. The van der Waals surface area contributed by atoms with Gasteiger partial charge >= 0.3 is 5.69 Å². The standard InChI is InChI=1S/C14H23N5O2/c1-4-5-8-18-12-11(17(3)10(2)16-12)13(20)19(14(18)21)9-6-7-15/h4-9,15H2,1-3H3. The van der Waals surface area contributed by atoms with Gasteiger partial charge in [0.25, 0.3) is 5.56 Å². The number of aromatic nitrogens is 4. The van der Waals surface area contributed by atoms with Crippen molar-refractivity contribution in [3.8, 4) is 0 Å². The number of hydrogen-bond acceptors (Lipinski definition) is 4. The smallest absolute Gasteiger partial charge is 0.330 e. The van der Waals surface area contributed by atoms with Crippen LogP contribution in [0.5, 0.6) is 0 Å². The molecule has 116 valence electrons. The van der Waals surface area contributed by atoms with Crippen LogP contribution in [0.15, 0.2) is 9.59 Å². The van der Waals surface area contributed by atoms with E-state index in [9.17, 15) is 9.59 Å². The zero-order valence-corrected chi connectivity index (χ0v) is 12.9. The predicted octanol–water partition coefficient (Wildman–Crippen LogP) is 0.354. The summed E-state index contributed by atoms with van der Waals surface area (Å²) >= 11 is 0. The van der Waals surface area contributed by atoms with E-state index < -0.39 is 0 Å². The van der Waals surface area contributed by atoms with E-state index in [1.807, 2.05) is 6.92 Å². The summed E-state index contributed by atoms with van der Waals surface area (Å²) < 4.78 is 4.65. The Balaban J connectivity index is 2.76. The summed E-state index contributed by atoms with van der Waals surface area (Å²) in [7, 11) is 1.80. The molecule has 7 heteroatoms. The Bertz CT molecular complexity index is 753. The maximum atomic E-state index is 12.6. The average molecular weight is 293 g/mol. The van der Waals surface area contributed by atoms with Crippen LogP contribution in [0.2, 0.25) is 0 Å². The Labute approximate surface area is 123 Å². The van der Waals surface area contributed by atoms with Crippen molar-refractivity contribution in [3.63, 3.8) is 0 Å². The van der Waals surface area contributed by atoms with E-state index in [1.54, 1.807) is 16.2 Å². The molecule has 0 aliphatic rings. The van der Waals surface area contributed by atoms with Crippen LogP contribution >= 0.6 is 0 Å². The quantitative estimate of drug-likeness (QED) is 0.832. The molecule has 0 spiro atoms. The molecule has 0 aliphatic carbocycles. The second kappa shape index (κ2) is 6.26. The Morgan fingerprint density at radius 1 is 1.14 bits per heavy atom. The van der Waals surface area contributed by atoms with Gasteiger partial charge in [-0.15, -0.1) is 0 Å². The van der Waals surface area contributed by atoms with E-state index in [4.69, 9.17) is 5.73 Å². The minimum Gasteiger partial charge on any atom is -0.330 e. The summed E-state index contributed by atoms with van der Waals surface area (Å²) in [6.45, 7) is 5.27. The van der Waals surface area contributed by atoms with Gasteiger partial charge in [-0.05, 0) is 26.3 Å². The van der Waals surface area contributed by atoms with Crippen molar-refractivity contribution in [3.05, 3.63) is 26.7 Å². The largest absolute Gasteiger partial charge is 0.332 e. The van der Waals surface area contributed by atoms with Gasteiger partial charge in [0, 0.05) is 20.1 Å². The lowest BCUT2D eigenvalue weighted by Crippen LogP contribution is -2.41. The molecule has 7 nitrogen and oxygen atoms in total. The molecule has 0 saturated heterocycles. The lowest BCUT2D eigenvalue weighted by molar-refractivity contribution is 0.535. The molecule has 0 unspecified atom stereocenters. The van der Waals surface area contributed by atoms with Gasteiger partial charge in [-0.2, -0.15) is 0 Å². The molecule has 0 radical (unpaired) electrons. The molecule has 2 aromatic heterocycles. The molecule has 0 amide bonds. The van der Waals surface area contributed by atoms with Crippen molar-refractivity contribution in [1.29, 1.82) is 0 Å². The predicted molar refractivity (Wildman–Crippen MR) is 82.6 cm³/mol. The van der Waals surface area contributed by atoms with Gasteiger partial charge in [-0.25, -0.2) is 9.78 Å². The van der Waals surface area contributed by atoms with Crippen molar-refractivity contribution >= 4 is 11.2 Å². The van der Waals surface area contributed by atoms with Crippen LogP contribution in [0, 0.1) is 6.92 Å². The fraction of sp³-hybridized carbons (Fsp3) is 0.643. The molecule has 0 fully saturated rings. The summed E-state index contributed by atoms with van der Waals surface area (Å²) in [5.74, 6) is 0.725. The lowest BCUT2D eigenvalue weighted by atomic mass is 10.3. The average Bonchev–Trinajstić information content (AvgIpc) is 2.75. The third-order valence-electron chi connectivity index (χ3n) is 3.79. The summed E-state index contributed by atoms with van der Waals surface area (Å²) in [5, 5.41) is 0. The first kappa shape index (κ1) is 15.5. The summed E-state index contributed by atoms with van der Waals surface area (Å²) in [5.41, 5.74) is 5.91. The van der Waals surface area contributed by atoms with Gasteiger partial charge in [0.2, 0.25) is 0 Å². The highest BCUT2D eigenvalue weighted by Gasteiger charge is 2.18. The molecule has 0 aliphatic heterocycles. The molecule has 0 atom stereocenters. The van der Waals surface area contributed by atoms with Crippen LogP contribution < -0.4 is 17.0 Å². The van der Waals surface area contributed by atoms with E-state index in [2.05, 4.69) is 11.9 Å². The van der Waals surface area contributed by atoms with Crippen LogP contribution in [0.3, 0.4) is 0 Å². The zero-order valence-electron chi connectivity index (χ0n) is 12.9. The minimum atomic E-state index is -0.285. The van der Waals surface area contributed by atoms with Crippen LogP contribution in [-0.4, -0.2) is 25.2 Å². The van der Waals surface area contributed by atoms with Crippen molar-refractivity contribution in [2.75, 3.05) is 6.54 Å². The van der Waals surface area contributed by atoms with Crippen LogP contribution in [0.1, 0.15) is 32.0 Å². The first-order valence-electron chi connectivity index (χ1n) is 7.39. The number of imidazole rings is 1. The van der Waals surface area contributed by atoms with Crippen LogP contribution in [0.25, 0.3) is 11.2 Å². The van der Waals surface area contributed by atoms with Gasteiger partial charge in [0.1, 0.15) is 5.82 Å². The summed E-state index contributed by atoms with van der Waals surface area (Å²) in [6, 6.07) is 0. The SMILES string of the molecule is CCCCn1c(=O)n(CCCN)c(=O)c2c1nc(C)n2C. The fourth-order valence-corrected chi connectivity index (χ4v) is 2.44. The number of hydrogen-bond donors (Lipinski definition) is 1. The van der Waals surface area contributed by atoms with E-state index in [0.717, 1.165) is 18.7 Å². The number of fused-ring (bicyclic) bond motifs is 1. The third kappa shape index (κ3) is 2.65. The zero-order chi connectivity index (χ0) is 15.6. The molecule has 2 heterocycles. The van der Waals surface area contributed by atoms with Gasteiger partial charge in [-0.3, -0.25) is 13.9 Å². The van der Waals surface area contributed by atoms with Crippen molar-refractivity contribution < 1.29 is 0 Å². The maximum Gasteiger partial charge on any atom is 0.332 e. The second-order valence-corrected chi connectivity index (χ2v) is 5.28. The monoisotopic (exact) mass is 293 g/mol. The number of nitrogens with zero attached hydrogens (tertiary/aromatic N) is 4. The maximum absolute atomic E-state index is 12.6. The van der Waals surface area contributed by atoms with Crippen LogP contribution in [-0.2, 0) is 20.1 Å². The van der Waals surface area contributed by atoms with Crippen molar-refractivity contribution in [2.24, 2.45) is 12.8 Å². The molecular weight excluding hydrogens is 270 g/mol. The fourth-order valence-electron chi connectivity index (χ4n) is 2.44. The van der Waals surface area contributed by atoms with Gasteiger partial charge in [0.05, 0.1) is 0 Å². The van der Waals surface area contributed by atoms with Crippen molar-refractivity contribution in [1.82, 2.24) is 18.7 Å². The normalized spacial score (nSPS) is 11.4. The number of unbranched alkanes of at least 4 members (excludes halogenated alkanes) is 1. The van der Waals surface area contributed by atoms with E-state index >= 15 is 0 Å². The van der Waals surface area contributed by atoms with Crippen molar-refractivity contribution in [2.45, 2.75) is 46.2 Å². The second-order valence-electron chi connectivity index (χ2n) is 5.28. The molecule has 0 aromatic carbocycles. The van der Waals surface area contributed by atoms with Gasteiger partial charge in [0.15, 0.2) is 11.2 Å². The van der Waals surface area contributed by atoms with Crippen LogP contribution in [0.4, 0.5) is 0 Å². The summed E-state index contributed by atoms with van der Waals surface area (Å²) in [6.07, 6.45) is 2.45. The molecule has 0 saturated carbocycles. The van der Waals surface area contributed by atoms with E-state index in [0.29, 0.717) is 37.2 Å². The molecule has 2 aromatic rings. The first-order valence-corrected chi connectivity index (χ1v) is 7.39. The lowest BCUT2D eigenvalue weighted by Gasteiger charge is -2.11.